The molecule has 1 saturated heterocycles. The van der Waals surface area contributed by atoms with Crippen molar-refractivity contribution >= 4 is 18.0 Å². The lowest BCUT2D eigenvalue weighted by atomic mass is 9.48. The van der Waals surface area contributed by atoms with Gasteiger partial charge in [0, 0.05) is 38.2 Å². The van der Waals surface area contributed by atoms with Crippen LogP contribution in [0.1, 0.15) is 61.3 Å². The summed E-state index contributed by atoms with van der Waals surface area (Å²) in [7, 11) is 1.84. The summed E-state index contributed by atoms with van der Waals surface area (Å²) in [5.74, 6) is 1.22. The van der Waals surface area contributed by atoms with E-state index in [0.717, 1.165) is 54.1 Å². The first-order valence-electron chi connectivity index (χ1n) is 14.7. The smallest absolute Gasteiger partial charge is 0.308 e. The molecule has 3 fully saturated rings. The third-order valence-electron chi connectivity index (χ3n) is 10.3. The number of hydrogen-bond donors (Lipinski definition) is 1. The van der Waals surface area contributed by atoms with E-state index in [0.29, 0.717) is 24.3 Å². The fraction of sp³-hybridized carbons (Fsp3) is 0.515. The number of hydrogen-bond acceptors (Lipinski definition) is 6. The zero-order chi connectivity index (χ0) is 27.8. The molecule has 2 aromatic rings. The second-order valence-corrected chi connectivity index (χ2v) is 12.7. The van der Waals surface area contributed by atoms with Crippen LogP contribution in [0.5, 0.6) is 11.5 Å². The van der Waals surface area contributed by atoms with Crippen LogP contribution in [0.2, 0.25) is 0 Å². The van der Waals surface area contributed by atoms with Gasteiger partial charge in [0.25, 0.3) is 0 Å². The molecular weight excluding hydrogens is 504 g/mol. The van der Waals surface area contributed by atoms with Gasteiger partial charge in [0.2, 0.25) is 5.91 Å². The van der Waals surface area contributed by atoms with Gasteiger partial charge in [-0.05, 0) is 81.2 Å². The summed E-state index contributed by atoms with van der Waals surface area (Å²) in [6, 6.07) is 11.7. The van der Waals surface area contributed by atoms with E-state index in [9.17, 15) is 14.7 Å². The summed E-state index contributed by atoms with van der Waals surface area (Å²) in [5.41, 5.74) is 2.66. The lowest BCUT2D eigenvalue weighted by Crippen LogP contribution is -2.78. The summed E-state index contributed by atoms with van der Waals surface area (Å²) >= 11 is 0. The van der Waals surface area contributed by atoms with Crippen molar-refractivity contribution in [2.75, 3.05) is 20.1 Å². The Balaban J connectivity index is 1.27. The molecule has 5 atom stereocenters. The highest BCUT2D eigenvalue weighted by atomic mass is 16.6. The van der Waals surface area contributed by atoms with E-state index in [1.54, 1.807) is 11.0 Å². The molecule has 5 aliphatic rings. The van der Waals surface area contributed by atoms with Crippen LogP contribution in [0.4, 0.5) is 0 Å². The monoisotopic (exact) mass is 542 g/mol. The number of ether oxygens (including phenoxy) is 2. The number of likely N-dealkylation sites (N-methyl/N-ethyl adjacent to an activating group) is 1. The number of carbonyl (C=O) groups is 2. The minimum atomic E-state index is -0.976. The number of aryl methyl sites for hydroxylation is 1. The average molecular weight is 543 g/mol. The SMILES string of the molecule is CC(=O)Oc1ccc2c3c1O[C@H]1[C@@H](N(C)C(=O)C=Cc4cccc(C)c4)CCC4(O)[C@@H](C2)N(CC2CC2)CC[C@]314. The van der Waals surface area contributed by atoms with Crippen LogP contribution in [0.25, 0.3) is 6.08 Å². The Kier molecular flexibility index (Phi) is 5.92. The Morgan fingerprint density at radius 3 is 2.77 bits per heavy atom. The number of piperidine rings is 1. The Bertz CT molecular complexity index is 1420. The minimum Gasteiger partial charge on any atom is -0.483 e. The van der Waals surface area contributed by atoms with E-state index in [1.807, 2.05) is 44.3 Å². The number of aliphatic hydroxyl groups is 1. The van der Waals surface area contributed by atoms with Crippen LogP contribution >= 0.6 is 0 Å². The molecule has 7 rings (SSSR count). The van der Waals surface area contributed by atoms with E-state index in [4.69, 9.17) is 9.47 Å². The topological polar surface area (TPSA) is 79.3 Å². The van der Waals surface area contributed by atoms with Crippen molar-refractivity contribution in [3.63, 3.8) is 0 Å². The van der Waals surface area contributed by atoms with Gasteiger partial charge in [-0.15, -0.1) is 0 Å². The fourth-order valence-corrected chi connectivity index (χ4v) is 8.30. The van der Waals surface area contributed by atoms with Crippen LogP contribution in [-0.4, -0.2) is 70.7 Å². The average Bonchev–Trinajstić information content (AvgIpc) is 3.66. The maximum Gasteiger partial charge on any atom is 0.308 e. The number of rotatable bonds is 6. The van der Waals surface area contributed by atoms with E-state index < -0.39 is 23.1 Å². The normalized spacial score (nSPS) is 31.9. The van der Waals surface area contributed by atoms with Gasteiger partial charge in [0.1, 0.15) is 6.10 Å². The highest BCUT2D eigenvalue weighted by molar-refractivity contribution is 5.92. The molecule has 2 saturated carbocycles. The number of nitrogens with zero attached hydrogens (tertiary/aromatic N) is 2. The molecule has 40 heavy (non-hydrogen) atoms. The van der Waals surface area contributed by atoms with Gasteiger partial charge < -0.3 is 19.5 Å². The molecule has 2 aromatic carbocycles. The molecular formula is C33H38N2O5. The van der Waals surface area contributed by atoms with Crippen LogP contribution in [0.3, 0.4) is 0 Å². The first-order valence-corrected chi connectivity index (χ1v) is 14.7. The lowest BCUT2D eigenvalue weighted by molar-refractivity contribution is -0.200. The van der Waals surface area contributed by atoms with Gasteiger partial charge in [-0.3, -0.25) is 14.5 Å². The molecule has 7 nitrogen and oxygen atoms in total. The Hall–Kier alpha value is -3.16. The maximum atomic E-state index is 13.5. The minimum absolute atomic E-state index is 0.00847. The highest BCUT2D eigenvalue weighted by Gasteiger charge is 2.73. The van der Waals surface area contributed by atoms with Crippen molar-refractivity contribution < 1.29 is 24.2 Å². The summed E-state index contributed by atoms with van der Waals surface area (Å²) in [4.78, 5) is 29.8. The van der Waals surface area contributed by atoms with Gasteiger partial charge >= 0.3 is 5.97 Å². The van der Waals surface area contributed by atoms with E-state index in [1.165, 1.54) is 19.8 Å². The molecule has 1 N–H and O–H groups in total. The molecule has 3 aliphatic carbocycles. The number of esters is 1. The summed E-state index contributed by atoms with van der Waals surface area (Å²) in [5, 5.41) is 12.8. The van der Waals surface area contributed by atoms with Crippen molar-refractivity contribution in [2.24, 2.45) is 5.92 Å². The van der Waals surface area contributed by atoms with Crippen LogP contribution < -0.4 is 9.47 Å². The second-order valence-electron chi connectivity index (χ2n) is 12.7. The third kappa shape index (κ3) is 3.77. The lowest BCUT2D eigenvalue weighted by Gasteiger charge is -2.64. The summed E-state index contributed by atoms with van der Waals surface area (Å²) in [6.07, 6.45) is 8.35. The van der Waals surface area contributed by atoms with Crippen molar-refractivity contribution in [2.45, 2.75) is 81.6 Å². The Morgan fingerprint density at radius 1 is 1.20 bits per heavy atom. The van der Waals surface area contributed by atoms with Gasteiger partial charge in [-0.25, -0.2) is 0 Å². The molecule has 0 radical (unpaired) electrons. The van der Waals surface area contributed by atoms with Gasteiger partial charge in [0.05, 0.1) is 17.1 Å². The Morgan fingerprint density at radius 2 is 2.02 bits per heavy atom. The molecule has 2 aliphatic heterocycles. The predicted octanol–water partition coefficient (Wildman–Crippen LogP) is 4.02. The first kappa shape index (κ1) is 25.8. The zero-order valence-corrected chi connectivity index (χ0v) is 23.6. The first-order chi connectivity index (χ1) is 19.2. The number of amides is 1. The van der Waals surface area contributed by atoms with Crippen molar-refractivity contribution in [3.05, 3.63) is 64.7 Å². The van der Waals surface area contributed by atoms with Crippen LogP contribution in [0, 0.1) is 12.8 Å². The number of likely N-dealkylation sites (tertiary alicyclic amines) is 1. The predicted molar refractivity (Wildman–Crippen MR) is 151 cm³/mol. The number of carbonyl (C=O) groups excluding carboxylic acids is 2. The molecule has 1 amide bonds. The molecule has 0 aromatic heterocycles. The fourth-order valence-electron chi connectivity index (χ4n) is 8.30. The van der Waals surface area contributed by atoms with Crippen LogP contribution in [-0.2, 0) is 21.4 Å². The quantitative estimate of drug-likeness (QED) is 0.338. The molecule has 2 heterocycles. The molecule has 7 heteroatoms. The van der Waals surface area contributed by atoms with Crippen LogP contribution in [0.15, 0.2) is 42.5 Å². The zero-order valence-electron chi connectivity index (χ0n) is 23.6. The van der Waals surface area contributed by atoms with Crippen molar-refractivity contribution in [3.8, 4) is 11.5 Å². The maximum absolute atomic E-state index is 13.5. The third-order valence-corrected chi connectivity index (χ3v) is 10.3. The highest BCUT2D eigenvalue weighted by Crippen LogP contribution is 2.66. The Labute approximate surface area is 235 Å². The summed E-state index contributed by atoms with van der Waals surface area (Å²) < 4.78 is 12.4. The summed E-state index contributed by atoms with van der Waals surface area (Å²) in [6.45, 7) is 5.35. The van der Waals surface area contributed by atoms with E-state index >= 15 is 0 Å². The molecule has 2 bridgehead atoms. The van der Waals surface area contributed by atoms with Gasteiger partial charge in [-0.1, -0.05) is 35.9 Å². The van der Waals surface area contributed by atoms with Gasteiger partial charge in [-0.2, -0.15) is 0 Å². The molecule has 210 valence electrons. The largest absolute Gasteiger partial charge is 0.483 e. The van der Waals surface area contributed by atoms with Gasteiger partial charge in [0.15, 0.2) is 11.5 Å². The van der Waals surface area contributed by atoms with E-state index in [-0.39, 0.29) is 18.0 Å². The molecule has 1 spiro atoms. The van der Waals surface area contributed by atoms with E-state index in [2.05, 4.69) is 17.0 Å². The second kappa shape index (κ2) is 9.18. The standard InChI is InChI=1S/C33H38N2O5/c1-20-5-4-6-22(17-20)9-12-28(37)34(3)25-13-14-33(38)27-18-24-10-11-26(39-21(2)36)30-29(24)32(33,31(25)40-30)15-16-35(27)19-23-7-8-23/h4-6,9-12,17,23,25,27,31,38H,7-8,13-16,18-19H2,1-3H3/t25-,27+,31-,32-,33?/m0/s1. The number of benzene rings is 2. The van der Waals surface area contributed by atoms with Crippen molar-refractivity contribution in [1.29, 1.82) is 0 Å². The van der Waals surface area contributed by atoms with Crippen molar-refractivity contribution in [1.82, 2.24) is 9.80 Å². The molecule has 1 unspecified atom stereocenters.